The van der Waals surface area contributed by atoms with Gasteiger partial charge in [0.25, 0.3) is 5.69 Å². The molecule has 0 saturated heterocycles. The molecule has 0 aliphatic rings. The average Bonchev–Trinajstić information content (AvgIpc) is 3.03. The molecule has 0 saturated carbocycles. The Balaban J connectivity index is 1.51. The summed E-state index contributed by atoms with van der Waals surface area (Å²) in [5.41, 5.74) is 4.97. The van der Waals surface area contributed by atoms with Crippen LogP contribution in [0.5, 0.6) is 0 Å². The molecule has 1 heterocycles. The van der Waals surface area contributed by atoms with Crippen LogP contribution < -0.4 is 5.43 Å². The van der Waals surface area contributed by atoms with Gasteiger partial charge in [-0.1, -0.05) is 12.1 Å². The average molecular weight is 337 g/mol. The van der Waals surface area contributed by atoms with Crippen LogP contribution in [0.15, 0.2) is 60.0 Å². The van der Waals surface area contributed by atoms with E-state index in [9.17, 15) is 14.9 Å². The number of carbonyl (C=O) groups excluding carboxylic acids is 1. The van der Waals surface area contributed by atoms with Crippen molar-refractivity contribution in [3.8, 4) is 0 Å². The van der Waals surface area contributed by atoms with E-state index in [0.717, 1.165) is 11.0 Å². The number of nitrogens with zero attached hydrogens (tertiary/aromatic N) is 4. The first kappa shape index (κ1) is 16.3. The maximum absolute atomic E-state index is 11.9. The van der Waals surface area contributed by atoms with Crippen molar-refractivity contribution in [3.63, 3.8) is 0 Å². The summed E-state index contributed by atoms with van der Waals surface area (Å²) < 4.78 is 1.91. The van der Waals surface area contributed by atoms with Gasteiger partial charge in [0.1, 0.15) is 0 Å². The predicted octanol–water partition coefficient (Wildman–Crippen LogP) is 2.48. The van der Waals surface area contributed by atoms with Gasteiger partial charge in [0.2, 0.25) is 5.91 Å². The van der Waals surface area contributed by atoms with E-state index >= 15 is 0 Å². The number of para-hydroxylation sites is 2. The highest BCUT2D eigenvalue weighted by atomic mass is 16.6. The number of hydrogen-bond acceptors (Lipinski definition) is 5. The van der Waals surface area contributed by atoms with Gasteiger partial charge in [-0.25, -0.2) is 10.4 Å². The standard InChI is InChI=1S/C17H15N5O3/c23-17(9-10-21-12-18-15-3-1-2-4-16(15)21)20-19-11-13-5-7-14(8-6-13)22(24)25/h1-8,11-12H,9-10H2,(H,20,23)/b19-11+. The lowest BCUT2D eigenvalue weighted by atomic mass is 10.2. The van der Waals surface area contributed by atoms with Crippen molar-refractivity contribution in [3.05, 3.63) is 70.5 Å². The fraction of sp³-hybridized carbons (Fsp3) is 0.118. The number of aromatic nitrogens is 2. The fourth-order valence-electron chi connectivity index (χ4n) is 2.33. The normalized spacial score (nSPS) is 11.0. The molecule has 0 spiro atoms. The number of carbonyl (C=O) groups is 1. The number of amides is 1. The number of imidazole rings is 1. The molecule has 0 fully saturated rings. The number of hydrazone groups is 1. The van der Waals surface area contributed by atoms with Gasteiger partial charge in [-0.2, -0.15) is 5.10 Å². The summed E-state index contributed by atoms with van der Waals surface area (Å²) in [6.07, 6.45) is 3.41. The van der Waals surface area contributed by atoms with E-state index in [2.05, 4.69) is 15.5 Å². The van der Waals surface area contributed by atoms with Gasteiger partial charge in [0, 0.05) is 25.1 Å². The molecule has 0 aliphatic carbocycles. The van der Waals surface area contributed by atoms with Crippen LogP contribution in [0.25, 0.3) is 11.0 Å². The molecule has 2 aromatic carbocycles. The summed E-state index contributed by atoms with van der Waals surface area (Å²) in [7, 11) is 0. The molecule has 3 rings (SSSR count). The van der Waals surface area contributed by atoms with Crippen molar-refractivity contribution >= 4 is 28.8 Å². The molecule has 0 radical (unpaired) electrons. The third-order valence-corrected chi connectivity index (χ3v) is 3.61. The molecule has 0 aliphatic heterocycles. The van der Waals surface area contributed by atoms with E-state index in [0.29, 0.717) is 12.1 Å². The topological polar surface area (TPSA) is 102 Å². The van der Waals surface area contributed by atoms with Crippen LogP contribution in [0.2, 0.25) is 0 Å². The Labute approximate surface area is 142 Å². The highest BCUT2D eigenvalue weighted by Gasteiger charge is 2.05. The Morgan fingerprint density at radius 2 is 2.00 bits per heavy atom. The molecule has 0 atom stereocenters. The molecule has 0 unspecified atom stereocenters. The summed E-state index contributed by atoms with van der Waals surface area (Å²) in [5.74, 6) is -0.226. The third-order valence-electron chi connectivity index (χ3n) is 3.61. The smallest absolute Gasteiger partial charge is 0.269 e. The minimum Gasteiger partial charge on any atom is -0.330 e. The number of aryl methyl sites for hydroxylation is 1. The number of hydrogen-bond donors (Lipinski definition) is 1. The molecule has 126 valence electrons. The van der Waals surface area contributed by atoms with Crippen LogP contribution in [-0.2, 0) is 11.3 Å². The third kappa shape index (κ3) is 4.05. The van der Waals surface area contributed by atoms with Gasteiger partial charge < -0.3 is 4.57 Å². The highest BCUT2D eigenvalue weighted by Crippen LogP contribution is 2.12. The summed E-state index contributed by atoms with van der Waals surface area (Å²) in [5, 5.41) is 14.4. The summed E-state index contributed by atoms with van der Waals surface area (Å²) in [4.78, 5) is 26.2. The second-order valence-electron chi connectivity index (χ2n) is 5.32. The van der Waals surface area contributed by atoms with Gasteiger partial charge in [0.05, 0.1) is 28.5 Å². The predicted molar refractivity (Wildman–Crippen MR) is 93.2 cm³/mol. The number of nitrogens with one attached hydrogen (secondary N) is 1. The van der Waals surface area contributed by atoms with Crippen molar-refractivity contribution in [1.82, 2.24) is 15.0 Å². The van der Waals surface area contributed by atoms with E-state index < -0.39 is 4.92 Å². The monoisotopic (exact) mass is 337 g/mol. The summed E-state index contributed by atoms with van der Waals surface area (Å²) in [6, 6.07) is 13.6. The number of non-ortho nitro benzene ring substituents is 1. The van der Waals surface area contributed by atoms with Crippen molar-refractivity contribution in [1.29, 1.82) is 0 Å². The Kier molecular flexibility index (Phi) is 4.79. The zero-order chi connectivity index (χ0) is 17.6. The lowest BCUT2D eigenvalue weighted by Gasteiger charge is -2.03. The molecule has 1 N–H and O–H groups in total. The van der Waals surface area contributed by atoms with E-state index in [1.54, 1.807) is 18.5 Å². The lowest BCUT2D eigenvalue weighted by molar-refractivity contribution is -0.384. The van der Waals surface area contributed by atoms with Gasteiger partial charge in [0.15, 0.2) is 0 Å². The maximum atomic E-state index is 11.9. The Morgan fingerprint density at radius 1 is 1.24 bits per heavy atom. The van der Waals surface area contributed by atoms with Crippen LogP contribution in [0, 0.1) is 10.1 Å². The van der Waals surface area contributed by atoms with Crippen LogP contribution in [-0.4, -0.2) is 26.6 Å². The highest BCUT2D eigenvalue weighted by molar-refractivity contribution is 5.82. The molecular weight excluding hydrogens is 322 g/mol. The second kappa shape index (κ2) is 7.35. The number of rotatable bonds is 6. The maximum Gasteiger partial charge on any atom is 0.269 e. The number of fused-ring (bicyclic) bond motifs is 1. The van der Waals surface area contributed by atoms with Gasteiger partial charge in [-0.3, -0.25) is 14.9 Å². The molecule has 3 aromatic rings. The Bertz CT molecular complexity index is 931. The lowest BCUT2D eigenvalue weighted by Crippen LogP contribution is -2.19. The van der Waals surface area contributed by atoms with Gasteiger partial charge in [-0.15, -0.1) is 0 Å². The molecular formula is C17H15N5O3. The van der Waals surface area contributed by atoms with E-state index in [1.165, 1.54) is 18.3 Å². The quantitative estimate of drug-likeness (QED) is 0.424. The zero-order valence-electron chi connectivity index (χ0n) is 13.2. The first-order chi connectivity index (χ1) is 12.1. The van der Waals surface area contributed by atoms with Crippen molar-refractivity contribution in [2.75, 3.05) is 0 Å². The second-order valence-corrected chi connectivity index (χ2v) is 5.32. The summed E-state index contributed by atoms with van der Waals surface area (Å²) >= 11 is 0. The number of nitro benzene ring substituents is 1. The molecule has 1 aromatic heterocycles. The number of benzene rings is 2. The fourth-order valence-corrected chi connectivity index (χ4v) is 2.33. The first-order valence-electron chi connectivity index (χ1n) is 7.60. The molecule has 8 heteroatoms. The van der Waals surface area contributed by atoms with Crippen molar-refractivity contribution in [2.45, 2.75) is 13.0 Å². The SMILES string of the molecule is O=C(CCn1cnc2ccccc21)N/N=C/c1ccc([N+](=O)[O-])cc1. The Morgan fingerprint density at radius 3 is 2.76 bits per heavy atom. The Hall–Kier alpha value is -3.55. The van der Waals surface area contributed by atoms with Crippen LogP contribution >= 0.6 is 0 Å². The van der Waals surface area contributed by atoms with Gasteiger partial charge >= 0.3 is 0 Å². The summed E-state index contributed by atoms with van der Waals surface area (Å²) in [6.45, 7) is 0.499. The largest absolute Gasteiger partial charge is 0.330 e. The molecule has 25 heavy (non-hydrogen) atoms. The van der Waals surface area contributed by atoms with Crippen molar-refractivity contribution in [2.24, 2.45) is 5.10 Å². The van der Waals surface area contributed by atoms with Gasteiger partial charge in [-0.05, 0) is 29.8 Å². The van der Waals surface area contributed by atoms with Crippen molar-refractivity contribution < 1.29 is 9.72 Å². The van der Waals surface area contributed by atoms with Crippen LogP contribution in [0.1, 0.15) is 12.0 Å². The molecule has 1 amide bonds. The minimum absolute atomic E-state index is 0.00810. The van der Waals surface area contributed by atoms with E-state index in [4.69, 9.17) is 0 Å². The van der Waals surface area contributed by atoms with Crippen LogP contribution in [0.4, 0.5) is 5.69 Å². The van der Waals surface area contributed by atoms with Crippen LogP contribution in [0.3, 0.4) is 0 Å². The van der Waals surface area contributed by atoms with E-state index in [-0.39, 0.29) is 18.0 Å². The zero-order valence-corrected chi connectivity index (χ0v) is 13.2. The molecule has 0 bridgehead atoms. The first-order valence-corrected chi connectivity index (χ1v) is 7.60. The number of nitro groups is 1. The minimum atomic E-state index is -0.470. The van der Waals surface area contributed by atoms with E-state index in [1.807, 2.05) is 28.8 Å². The molecule has 8 nitrogen and oxygen atoms in total.